The topological polar surface area (TPSA) is 77.3 Å². The molecule has 148 valence electrons. The van der Waals surface area contributed by atoms with Gasteiger partial charge in [0, 0.05) is 13.1 Å². The van der Waals surface area contributed by atoms with Crippen LogP contribution in [0.5, 0.6) is 0 Å². The molecule has 2 heterocycles. The number of hydrogen-bond donors (Lipinski definition) is 0. The van der Waals surface area contributed by atoms with Gasteiger partial charge < -0.3 is 4.74 Å². The predicted molar refractivity (Wildman–Crippen MR) is 105 cm³/mol. The van der Waals surface area contributed by atoms with Crippen LogP contribution in [-0.4, -0.2) is 66.7 Å². The number of benzene rings is 1. The minimum atomic E-state index is -3.54. The molecule has 1 saturated heterocycles. The molecule has 0 spiro atoms. The van der Waals surface area contributed by atoms with Gasteiger partial charge in [-0.05, 0) is 44.5 Å². The van der Waals surface area contributed by atoms with E-state index in [9.17, 15) is 8.42 Å². The first-order valence-electron chi connectivity index (χ1n) is 8.79. The van der Waals surface area contributed by atoms with E-state index in [0.29, 0.717) is 28.0 Å². The Labute approximate surface area is 169 Å². The molecular weight excluding hydrogens is 411 g/mol. The van der Waals surface area contributed by atoms with Crippen molar-refractivity contribution in [1.29, 1.82) is 0 Å². The van der Waals surface area contributed by atoms with Gasteiger partial charge in [0.15, 0.2) is 0 Å². The van der Waals surface area contributed by atoms with Gasteiger partial charge in [-0.1, -0.05) is 23.2 Å². The molecule has 0 saturated carbocycles. The van der Waals surface area contributed by atoms with E-state index in [4.69, 9.17) is 27.9 Å². The zero-order chi connectivity index (χ0) is 19.4. The number of nitrogens with zero attached hydrogens (tertiary/aromatic N) is 4. The number of unbranched alkanes of at least 4 members (excludes halogenated alkanes) is 1. The Morgan fingerprint density at radius 3 is 2.59 bits per heavy atom. The van der Waals surface area contributed by atoms with Gasteiger partial charge in [-0.15, -0.1) is 5.10 Å². The minimum Gasteiger partial charge on any atom is -0.379 e. The van der Waals surface area contributed by atoms with Crippen LogP contribution in [0.1, 0.15) is 18.7 Å². The van der Waals surface area contributed by atoms with Crippen LogP contribution in [0.3, 0.4) is 0 Å². The van der Waals surface area contributed by atoms with E-state index in [2.05, 4.69) is 15.0 Å². The Balaban J connectivity index is 1.63. The molecule has 0 unspecified atom stereocenters. The monoisotopic (exact) mass is 432 g/mol. The predicted octanol–water partition coefficient (Wildman–Crippen LogP) is 2.77. The molecule has 1 aliphatic heterocycles. The van der Waals surface area contributed by atoms with Crippen LogP contribution in [0.2, 0.25) is 10.0 Å². The highest BCUT2D eigenvalue weighted by atomic mass is 35.5. The molecular formula is C17H22Cl2N4O3S. The van der Waals surface area contributed by atoms with E-state index in [1.165, 1.54) is 4.68 Å². The lowest BCUT2D eigenvalue weighted by molar-refractivity contribution is 0.0373. The lowest BCUT2D eigenvalue weighted by Gasteiger charge is -2.26. The van der Waals surface area contributed by atoms with Crippen LogP contribution in [0.15, 0.2) is 23.4 Å². The molecule has 0 bridgehead atoms. The average molecular weight is 433 g/mol. The fourth-order valence-corrected chi connectivity index (χ4v) is 4.44. The molecule has 7 nitrogen and oxygen atoms in total. The average Bonchev–Trinajstić information content (AvgIpc) is 3.05. The molecule has 1 aromatic carbocycles. The van der Waals surface area contributed by atoms with Crippen LogP contribution in [0, 0.1) is 6.92 Å². The maximum absolute atomic E-state index is 12.6. The standard InChI is InChI=1S/C17H22Cl2N4O3S/c1-13-20-17(21-23(13)14-4-5-15(18)16(19)12-14)27(24,25)11-3-2-6-22-7-9-26-10-8-22/h4-5,12H,2-3,6-11H2,1H3. The van der Waals surface area contributed by atoms with Crippen LogP contribution in [0.4, 0.5) is 0 Å². The summed E-state index contributed by atoms with van der Waals surface area (Å²) in [5, 5.41) is 4.82. The van der Waals surface area contributed by atoms with E-state index in [-0.39, 0.29) is 10.9 Å². The van der Waals surface area contributed by atoms with Crippen LogP contribution >= 0.6 is 23.2 Å². The number of halogens is 2. The zero-order valence-corrected chi connectivity index (χ0v) is 17.4. The van der Waals surface area contributed by atoms with E-state index in [0.717, 1.165) is 39.3 Å². The second-order valence-electron chi connectivity index (χ2n) is 6.43. The van der Waals surface area contributed by atoms with Crippen molar-refractivity contribution in [3.8, 4) is 5.69 Å². The van der Waals surface area contributed by atoms with Gasteiger partial charge in [-0.3, -0.25) is 4.90 Å². The number of sulfone groups is 1. The van der Waals surface area contributed by atoms with Crippen LogP contribution in [0.25, 0.3) is 5.69 Å². The van der Waals surface area contributed by atoms with E-state index < -0.39 is 9.84 Å². The van der Waals surface area contributed by atoms with Gasteiger partial charge in [0.05, 0.1) is 34.7 Å². The van der Waals surface area contributed by atoms with Crippen LogP contribution < -0.4 is 0 Å². The second-order valence-corrected chi connectivity index (χ2v) is 9.25. The number of morpholine rings is 1. The highest BCUT2D eigenvalue weighted by Crippen LogP contribution is 2.25. The van der Waals surface area contributed by atoms with Crippen LogP contribution in [-0.2, 0) is 14.6 Å². The van der Waals surface area contributed by atoms with Crippen molar-refractivity contribution in [2.75, 3.05) is 38.6 Å². The summed E-state index contributed by atoms with van der Waals surface area (Å²) in [5.74, 6) is 0.502. The first-order valence-corrected chi connectivity index (χ1v) is 11.2. The van der Waals surface area contributed by atoms with Gasteiger partial charge in [-0.2, -0.15) is 0 Å². The van der Waals surface area contributed by atoms with Crippen molar-refractivity contribution >= 4 is 33.0 Å². The summed E-state index contributed by atoms with van der Waals surface area (Å²) in [6.07, 6.45) is 1.38. The Morgan fingerprint density at radius 1 is 1.15 bits per heavy atom. The molecule has 2 aromatic rings. The van der Waals surface area contributed by atoms with Gasteiger partial charge in [0.2, 0.25) is 9.84 Å². The van der Waals surface area contributed by atoms with E-state index >= 15 is 0 Å². The second kappa shape index (κ2) is 8.87. The van der Waals surface area contributed by atoms with Crippen molar-refractivity contribution in [1.82, 2.24) is 19.7 Å². The molecule has 0 atom stereocenters. The fraction of sp³-hybridized carbons (Fsp3) is 0.529. The summed E-state index contributed by atoms with van der Waals surface area (Å²) in [6.45, 7) is 5.88. The van der Waals surface area contributed by atoms with Crippen molar-refractivity contribution in [2.24, 2.45) is 0 Å². The van der Waals surface area contributed by atoms with E-state index in [1.54, 1.807) is 25.1 Å². The highest BCUT2D eigenvalue weighted by Gasteiger charge is 2.22. The summed E-state index contributed by atoms with van der Waals surface area (Å²) in [7, 11) is -3.54. The summed E-state index contributed by atoms with van der Waals surface area (Å²) >= 11 is 12.0. The summed E-state index contributed by atoms with van der Waals surface area (Å²) in [4.78, 5) is 6.43. The lowest BCUT2D eigenvalue weighted by atomic mass is 10.3. The van der Waals surface area contributed by atoms with Crippen molar-refractivity contribution in [2.45, 2.75) is 24.9 Å². The largest absolute Gasteiger partial charge is 0.379 e. The Bertz CT molecular complexity index is 896. The van der Waals surface area contributed by atoms with Crippen molar-refractivity contribution in [3.05, 3.63) is 34.1 Å². The van der Waals surface area contributed by atoms with Crippen molar-refractivity contribution < 1.29 is 13.2 Å². The third kappa shape index (κ3) is 5.20. The number of rotatable bonds is 7. The highest BCUT2D eigenvalue weighted by molar-refractivity contribution is 7.91. The first kappa shape index (κ1) is 20.5. The van der Waals surface area contributed by atoms with Gasteiger partial charge in [0.1, 0.15) is 5.82 Å². The summed E-state index contributed by atoms with van der Waals surface area (Å²) in [5.41, 5.74) is 0.614. The smallest absolute Gasteiger partial charge is 0.267 e. The third-order valence-electron chi connectivity index (χ3n) is 4.42. The molecule has 10 heteroatoms. The quantitative estimate of drug-likeness (QED) is 0.625. The zero-order valence-electron chi connectivity index (χ0n) is 15.1. The molecule has 0 N–H and O–H groups in total. The maximum Gasteiger partial charge on any atom is 0.267 e. The normalized spacial score (nSPS) is 16.0. The molecule has 0 amide bonds. The Morgan fingerprint density at radius 2 is 1.89 bits per heavy atom. The number of hydrogen-bond acceptors (Lipinski definition) is 6. The van der Waals surface area contributed by atoms with E-state index in [1.807, 2.05) is 0 Å². The molecule has 27 heavy (non-hydrogen) atoms. The Hall–Kier alpha value is -1.19. The number of ether oxygens (including phenoxy) is 1. The minimum absolute atomic E-state index is 0.0299. The lowest BCUT2D eigenvalue weighted by Crippen LogP contribution is -2.36. The van der Waals surface area contributed by atoms with Gasteiger partial charge >= 0.3 is 0 Å². The van der Waals surface area contributed by atoms with Crippen molar-refractivity contribution in [3.63, 3.8) is 0 Å². The molecule has 1 aromatic heterocycles. The Kier molecular flexibility index (Phi) is 6.75. The third-order valence-corrected chi connectivity index (χ3v) is 6.71. The molecule has 1 aliphatic rings. The molecule has 0 aliphatic carbocycles. The van der Waals surface area contributed by atoms with Gasteiger partial charge in [0.25, 0.3) is 5.16 Å². The SMILES string of the molecule is Cc1nc(S(=O)(=O)CCCCN2CCOCC2)nn1-c1ccc(Cl)c(Cl)c1. The maximum atomic E-state index is 12.6. The molecule has 0 radical (unpaired) electrons. The number of aromatic nitrogens is 3. The summed E-state index contributed by atoms with van der Waals surface area (Å²) < 4.78 is 31.9. The fourth-order valence-electron chi connectivity index (χ4n) is 2.90. The van der Waals surface area contributed by atoms with Gasteiger partial charge in [-0.25, -0.2) is 18.1 Å². The summed E-state index contributed by atoms with van der Waals surface area (Å²) in [6, 6.07) is 4.99. The number of aryl methyl sites for hydroxylation is 1. The molecule has 3 rings (SSSR count). The first-order chi connectivity index (χ1) is 12.9. The molecule has 1 fully saturated rings.